The highest BCUT2D eigenvalue weighted by atomic mass is 79.9. The van der Waals surface area contributed by atoms with Crippen molar-refractivity contribution in [1.82, 2.24) is 0 Å². The zero-order chi connectivity index (χ0) is 14.3. The Balaban J connectivity index is 1.70. The topological polar surface area (TPSA) is 43.6 Å². The molecule has 1 N–H and O–H groups in total. The molecule has 0 saturated carbocycles. The number of ether oxygens (including phenoxy) is 2. The van der Waals surface area contributed by atoms with Gasteiger partial charge in [-0.3, -0.25) is 0 Å². The number of fused-ring (bicyclic) bond motifs is 1. The molecule has 2 heterocycles. The van der Waals surface area contributed by atoms with E-state index in [4.69, 9.17) is 4.42 Å². The molecular formula is C12H7Br2F2NO3. The van der Waals surface area contributed by atoms with Gasteiger partial charge in [-0.05, 0) is 50.1 Å². The van der Waals surface area contributed by atoms with E-state index in [9.17, 15) is 8.78 Å². The molecule has 0 aliphatic carbocycles. The largest absolute Gasteiger partial charge is 0.586 e. The highest BCUT2D eigenvalue weighted by Crippen LogP contribution is 2.42. The fourth-order valence-electron chi connectivity index (χ4n) is 1.73. The molecule has 0 unspecified atom stereocenters. The Labute approximate surface area is 129 Å². The quantitative estimate of drug-likeness (QED) is 0.793. The summed E-state index contributed by atoms with van der Waals surface area (Å²) in [4.78, 5) is 0. The maximum absolute atomic E-state index is 12.9. The van der Waals surface area contributed by atoms with Crippen molar-refractivity contribution in [1.29, 1.82) is 0 Å². The molecule has 2 aromatic rings. The van der Waals surface area contributed by atoms with Crippen molar-refractivity contribution in [2.75, 3.05) is 5.32 Å². The maximum atomic E-state index is 12.9. The van der Waals surface area contributed by atoms with E-state index in [1.165, 1.54) is 12.1 Å². The molecule has 0 fully saturated rings. The summed E-state index contributed by atoms with van der Waals surface area (Å²) in [6.45, 7) is 0.403. The number of rotatable bonds is 3. The van der Waals surface area contributed by atoms with E-state index >= 15 is 0 Å². The van der Waals surface area contributed by atoms with Crippen LogP contribution in [-0.4, -0.2) is 6.29 Å². The van der Waals surface area contributed by atoms with Crippen LogP contribution in [0.4, 0.5) is 14.5 Å². The summed E-state index contributed by atoms with van der Waals surface area (Å²) in [5.74, 6) is 0.706. The highest BCUT2D eigenvalue weighted by Gasteiger charge is 2.43. The molecule has 1 aromatic carbocycles. The first kappa shape index (κ1) is 13.7. The summed E-state index contributed by atoms with van der Waals surface area (Å²) in [5.41, 5.74) is 0.619. The normalized spacial score (nSPS) is 15.4. The maximum Gasteiger partial charge on any atom is 0.586 e. The van der Waals surface area contributed by atoms with Gasteiger partial charge in [0.05, 0.1) is 11.0 Å². The third kappa shape index (κ3) is 2.76. The molecule has 20 heavy (non-hydrogen) atoms. The average Bonchev–Trinajstić information content (AvgIpc) is 2.84. The fraction of sp³-hybridized carbons (Fsp3) is 0.167. The van der Waals surface area contributed by atoms with Crippen LogP contribution in [0.15, 0.2) is 37.8 Å². The first-order chi connectivity index (χ1) is 9.43. The zero-order valence-electron chi connectivity index (χ0n) is 9.75. The monoisotopic (exact) mass is 409 g/mol. The minimum atomic E-state index is -3.60. The van der Waals surface area contributed by atoms with Crippen molar-refractivity contribution in [2.45, 2.75) is 12.8 Å². The van der Waals surface area contributed by atoms with Crippen LogP contribution in [0, 0.1) is 0 Å². The van der Waals surface area contributed by atoms with E-state index in [1.807, 2.05) is 0 Å². The molecule has 1 aliphatic heterocycles. The number of anilines is 1. The average molecular weight is 411 g/mol. The molecule has 1 aliphatic rings. The van der Waals surface area contributed by atoms with Gasteiger partial charge in [0, 0.05) is 11.8 Å². The molecule has 3 rings (SSSR count). The van der Waals surface area contributed by atoms with Crippen molar-refractivity contribution < 1.29 is 22.7 Å². The third-order valence-corrected chi connectivity index (χ3v) is 4.27. The van der Waals surface area contributed by atoms with Crippen molar-refractivity contribution in [2.24, 2.45) is 0 Å². The Bertz CT molecular complexity index is 641. The third-order valence-electron chi connectivity index (χ3n) is 2.56. The lowest BCUT2D eigenvalue weighted by atomic mass is 10.2. The number of benzene rings is 1. The predicted octanol–water partition coefficient (Wildman–Crippen LogP) is 4.74. The van der Waals surface area contributed by atoms with Crippen molar-refractivity contribution in [3.63, 3.8) is 0 Å². The number of hydrogen-bond donors (Lipinski definition) is 1. The molecule has 8 heteroatoms. The molecule has 0 amide bonds. The van der Waals surface area contributed by atoms with Gasteiger partial charge in [-0.15, -0.1) is 8.78 Å². The lowest BCUT2D eigenvalue weighted by Gasteiger charge is -2.05. The van der Waals surface area contributed by atoms with Gasteiger partial charge >= 0.3 is 6.29 Å². The summed E-state index contributed by atoms with van der Waals surface area (Å²) >= 11 is 6.54. The van der Waals surface area contributed by atoms with E-state index in [-0.39, 0.29) is 11.5 Å². The smallest absolute Gasteiger partial charge is 0.451 e. The number of alkyl halides is 2. The van der Waals surface area contributed by atoms with Crippen molar-refractivity contribution in [3.05, 3.63) is 39.2 Å². The Hall–Kier alpha value is -1.28. The van der Waals surface area contributed by atoms with E-state index in [1.54, 1.807) is 12.1 Å². The first-order valence-electron chi connectivity index (χ1n) is 5.50. The van der Waals surface area contributed by atoms with Gasteiger partial charge in [-0.1, -0.05) is 0 Å². The molecule has 1 aromatic heterocycles. The number of halogens is 4. The second-order valence-electron chi connectivity index (χ2n) is 4.02. The molecule has 0 bridgehead atoms. The summed E-state index contributed by atoms with van der Waals surface area (Å²) < 4.78 is 41.2. The van der Waals surface area contributed by atoms with Crippen LogP contribution < -0.4 is 14.8 Å². The van der Waals surface area contributed by atoms with Crippen LogP contribution in [0.3, 0.4) is 0 Å². The molecular weight excluding hydrogens is 404 g/mol. The van der Waals surface area contributed by atoms with Gasteiger partial charge in [0.25, 0.3) is 0 Å². The van der Waals surface area contributed by atoms with Crippen LogP contribution in [0.2, 0.25) is 0 Å². The molecule has 0 radical (unpaired) electrons. The summed E-state index contributed by atoms with van der Waals surface area (Å²) in [5, 5.41) is 3.04. The van der Waals surface area contributed by atoms with E-state index in [0.717, 1.165) is 4.47 Å². The standard InChI is InChI=1S/C12H7Br2F2NO3/c13-8-4-7(18-11(8)14)5-17-6-1-2-9-10(3-6)20-12(15,16)19-9/h1-4,17H,5H2. The zero-order valence-corrected chi connectivity index (χ0v) is 12.9. The van der Waals surface area contributed by atoms with Gasteiger partial charge in [-0.2, -0.15) is 0 Å². The Morgan fingerprint density at radius 3 is 2.55 bits per heavy atom. The van der Waals surface area contributed by atoms with Gasteiger partial charge < -0.3 is 19.2 Å². The fourth-order valence-corrected chi connectivity index (χ4v) is 2.39. The van der Waals surface area contributed by atoms with Crippen LogP contribution >= 0.6 is 31.9 Å². The minimum Gasteiger partial charge on any atom is -0.451 e. The van der Waals surface area contributed by atoms with Crippen LogP contribution in [-0.2, 0) is 6.54 Å². The lowest BCUT2D eigenvalue weighted by molar-refractivity contribution is -0.286. The second kappa shape index (κ2) is 4.92. The number of hydrogen-bond acceptors (Lipinski definition) is 4. The molecule has 4 nitrogen and oxygen atoms in total. The Kier molecular flexibility index (Phi) is 3.37. The lowest BCUT2D eigenvalue weighted by Crippen LogP contribution is -2.25. The van der Waals surface area contributed by atoms with Gasteiger partial charge in [0.1, 0.15) is 5.76 Å². The van der Waals surface area contributed by atoms with Gasteiger partial charge in [0.2, 0.25) is 0 Å². The number of nitrogens with one attached hydrogen (secondary N) is 1. The van der Waals surface area contributed by atoms with Crippen LogP contribution in [0.25, 0.3) is 0 Å². The molecule has 0 spiro atoms. The first-order valence-corrected chi connectivity index (χ1v) is 7.09. The summed E-state index contributed by atoms with van der Waals surface area (Å²) in [7, 11) is 0. The SMILES string of the molecule is FC1(F)Oc2ccc(NCc3cc(Br)c(Br)o3)cc2O1. The van der Waals surface area contributed by atoms with Crippen molar-refractivity contribution >= 4 is 37.5 Å². The predicted molar refractivity (Wildman–Crippen MR) is 74.1 cm³/mol. The number of furan rings is 1. The summed E-state index contributed by atoms with van der Waals surface area (Å²) in [6, 6.07) is 6.30. The summed E-state index contributed by atoms with van der Waals surface area (Å²) in [6.07, 6.45) is -3.60. The van der Waals surface area contributed by atoms with E-state index in [0.29, 0.717) is 22.7 Å². The Morgan fingerprint density at radius 2 is 1.85 bits per heavy atom. The molecule has 106 valence electrons. The van der Waals surface area contributed by atoms with Crippen LogP contribution in [0.1, 0.15) is 5.76 Å². The van der Waals surface area contributed by atoms with E-state index < -0.39 is 6.29 Å². The highest BCUT2D eigenvalue weighted by molar-refractivity contribution is 9.13. The van der Waals surface area contributed by atoms with E-state index in [2.05, 4.69) is 46.7 Å². The van der Waals surface area contributed by atoms with Gasteiger partial charge in [0.15, 0.2) is 16.2 Å². The minimum absolute atomic E-state index is 0.00167. The van der Waals surface area contributed by atoms with Crippen molar-refractivity contribution in [3.8, 4) is 11.5 Å². The molecule has 0 atom stereocenters. The van der Waals surface area contributed by atoms with Gasteiger partial charge in [-0.25, -0.2) is 0 Å². The molecule has 0 saturated heterocycles. The second-order valence-corrected chi connectivity index (χ2v) is 5.59. The van der Waals surface area contributed by atoms with Crippen LogP contribution in [0.5, 0.6) is 11.5 Å². The Morgan fingerprint density at radius 1 is 1.10 bits per heavy atom.